The number of benzene rings is 1. The first-order valence-corrected chi connectivity index (χ1v) is 10.1. The molecule has 2 aliphatic rings. The van der Waals surface area contributed by atoms with Gasteiger partial charge in [-0.2, -0.15) is 5.10 Å². The fraction of sp³-hybridized carbons (Fsp3) is 0.409. The van der Waals surface area contributed by atoms with Crippen LogP contribution in [0, 0.1) is 5.92 Å². The summed E-state index contributed by atoms with van der Waals surface area (Å²) in [6.07, 6.45) is 6.29. The standard InChI is InChI=1S/C22H24N4O3/c1-28-18-4-3-16-14-25(20(12-17(16)11-18)15-5-9-29-10-6-15)22(27)19-13-21-23-7-2-8-26(21)24-19/h2-4,7-8,11,13,15,20H,5-6,9-10,12,14H2,1H3. The van der Waals surface area contributed by atoms with Gasteiger partial charge in [0.1, 0.15) is 5.75 Å². The molecule has 0 spiro atoms. The van der Waals surface area contributed by atoms with Crippen molar-refractivity contribution in [2.24, 2.45) is 5.92 Å². The molecule has 1 unspecified atom stereocenters. The SMILES string of the molecule is COc1ccc2c(c1)CC(C1CCOCC1)N(C(=O)c1cc3ncccn3n1)C2. The van der Waals surface area contributed by atoms with Crippen molar-refractivity contribution >= 4 is 11.6 Å². The molecule has 4 heterocycles. The van der Waals surface area contributed by atoms with Gasteiger partial charge in [0, 0.05) is 44.3 Å². The first-order chi connectivity index (χ1) is 14.2. The van der Waals surface area contributed by atoms with Crippen LogP contribution in [0.5, 0.6) is 5.75 Å². The number of ether oxygens (including phenoxy) is 2. The Balaban J connectivity index is 1.51. The molecule has 1 saturated heterocycles. The number of carbonyl (C=O) groups excluding carboxylic acids is 1. The largest absolute Gasteiger partial charge is 0.497 e. The van der Waals surface area contributed by atoms with Crippen LogP contribution in [0.4, 0.5) is 0 Å². The van der Waals surface area contributed by atoms with Gasteiger partial charge in [0.2, 0.25) is 0 Å². The van der Waals surface area contributed by atoms with E-state index < -0.39 is 0 Å². The Hall–Kier alpha value is -2.93. The van der Waals surface area contributed by atoms with Crippen molar-refractivity contribution in [3.8, 4) is 5.75 Å². The highest BCUT2D eigenvalue weighted by Crippen LogP contribution is 2.34. The highest BCUT2D eigenvalue weighted by atomic mass is 16.5. The van der Waals surface area contributed by atoms with E-state index >= 15 is 0 Å². The molecule has 5 rings (SSSR count). The molecule has 2 aliphatic heterocycles. The number of aromatic nitrogens is 3. The van der Waals surface area contributed by atoms with Gasteiger partial charge >= 0.3 is 0 Å². The number of amides is 1. The number of hydrogen-bond donors (Lipinski definition) is 0. The minimum Gasteiger partial charge on any atom is -0.497 e. The Bertz CT molecular complexity index is 1010. The summed E-state index contributed by atoms with van der Waals surface area (Å²) >= 11 is 0. The number of nitrogens with zero attached hydrogens (tertiary/aromatic N) is 4. The molecule has 0 saturated carbocycles. The van der Waals surface area contributed by atoms with Crippen LogP contribution in [0.1, 0.15) is 34.5 Å². The van der Waals surface area contributed by atoms with E-state index in [1.807, 2.05) is 23.2 Å². The highest BCUT2D eigenvalue weighted by molar-refractivity contribution is 5.93. The third-order valence-corrected chi connectivity index (χ3v) is 6.11. The van der Waals surface area contributed by atoms with Crippen molar-refractivity contribution in [3.63, 3.8) is 0 Å². The molecule has 0 bridgehead atoms. The summed E-state index contributed by atoms with van der Waals surface area (Å²) in [6.45, 7) is 2.10. The zero-order valence-corrected chi connectivity index (χ0v) is 16.5. The molecule has 1 amide bonds. The molecule has 0 N–H and O–H groups in total. The van der Waals surface area contributed by atoms with Crippen molar-refractivity contribution in [1.82, 2.24) is 19.5 Å². The molecule has 1 aromatic carbocycles. The zero-order chi connectivity index (χ0) is 19.8. The summed E-state index contributed by atoms with van der Waals surface area (Å²) in [5.41, 5.74) is 3.56. The molecule has 29 heavy (non-hydrogen) atoms. The van der Waals surface area contributed by atoms with E-state index in [0.29, 0.717) is 23.8 Å². The van der Waals surface area contributed by atoms with E-state index in [4.69, 9.17) is 9.47 Å². The van der Waals surface area contributed by atoms with Crippen LogP contribution in [0.2, 0.25) is 0 Å². The Morgan fingerprint density at radius 1 is 1.21 bits per heavy atom. The maximum atomic E-state index is 13.5. The van der Waals surface area contributed by atoms with Gasteiger partial charge in [0.05, 0.1) is 7.11 Å². The minimum atomic E-state index is -0.0338. The van der Waals surface area contributed by atoms with Crippen LogP contribution in [-0.4, -0.2) is 51.8 Å². The van der Waals surface area contributed by atoms with E-state index in [1.165, 1.54) is 11.1 Å². The number of rotatable bonds is 3. The second-order valence-corrected chi connectivity index (χ2v) is 7.74. The number of hydrogen-bond acceptors (Lipinski definition) is 5. The lowest BCUT2D eigenvalue weighted by Crippen LogP contribution is -2.49. The van der Waals surface area contributed by atoms with E-state index in [-0.39, 0.29) is 11.9 Å². The number of methoxy groups -OCH3 is 1. The maximum absolute atomic E-state index is 13.5. The lowest BCUT2D eigenvalue weighted by molar-refractivity contribution is 0.0177. The molecule has 150 valence electrons. The summed E-state index contributed by atoms with van der Waals surface area (Å²) in [6, 6.07) is 9.85. The van der Waals surface area contributed by atoms with Crippen LogP contribution in [0.25, 0.3) is 5.65 Å². The molecule has 2 aromatic heterocycles. The lowest BCUT2D eigenvalue weighted by atomic mass is 9.82. The molecule has 1 fully saturated rings. The van der Waals surface area contributed by atoms with Crippen molar-refractivity contribution in [2.75, 3.05) is 20.3 Å². The van der Waals surface area contributed by atoms with E-state index in [2.05, 4.69) is 22.2 Å². The van der Waals surface area contributed by atoms with Crippen molar-refractivity contribution in [1.29, 1.82) is 0 Å². The third-order valence-electron chi connectivity index (χ3n) is 6.11. The Labute approximate surface area is 169 Å². The molecule has 7 nitrogen and oxygen atoms in total. The average molecular weight is 392 g/mol. The third kappa shape index (κ3) is 3.35. The van der Waals surface area contributed by atoms with Gasteiger partial charge in [0.25, 0.3) is 5.91 Å². The molecule has 3 aromatic rings. The van der Waals surface area contributed by atoms with Gasteiger partial charge < -0.3 is 14.4 Å². The second-order valence-electron chi connectivity index (χ2n) is 7.74. The van der Waals surface area contributed by atoms with Gasteiger partial charge in [-0.1, -0.05) is 6.07 Å². The Kier molecular flexibility index (Phi) is 4.67. The first-order valence-electron chi connectivity index (χ1n) is 10.1. The fourth-order valence-corrected chi connectivity index (χ4v) is 4.54. The molecule has 0 aliphatic carbocycles. The zero-order valence-electron chi connectivity index (χ0n) is 16.5. The van der Waals surface area contributed by atoms with E-state index in [1.54, 1.807) is 23.9 Å². The smallest absolute Gasteiger partial charge is 0.275 e. The second kappa shape index (κ2) is 7.48. The highest BCUT2D eigenvalue weighted by Gasteiger charge is 2.37. The topological polar surface area (TPSA) is 69.0 Å². The lowest BCUT2D eigenvalue weighted by Gasteiger charge is -2.42. The summed E-state index contributed by atoms with van der Waals surface area (Å²) < 4.78 is 12.6. The van der Waals surface area contributed by atoms with Crippen LogP contribution in [0.15, 0.2) is 42.7 Å². The Morgan fingerprint density at radius 3 is 2.86 bits per heavy atom. The van der Waals surface area contributed by atoms with E-state index in [9.17, 15) is 4.79 Å². The van der Waals surface area contributed by atoms with Crippen LogP contribution in [0.3, 0.4) is 0 Å². The van der Waals surface area contributed by atoms with E-state index in [0.717, 1.165) is 38.2 Å². The van der Waals surface area contributed by atoms with Gasteiger partial charge in [-0.3, -0.25) is 4.79 Å². The van der Waals surface area contributed by atoms with Gasteiger partial charge in [-0.15, -0.1) is 0 Å². The summed E-state index contributed by atoms with van der Waals surface area (Å²) in [5.74, 6) is 1.25. The average Bonchev–Trinajstić information content (AvgIpc) is 3.22. The van der Waals surface area contributed by atoms with Crippen molar-refractivity contribution < 1.29 is 14.3 Å². The monoisotopic (exact) mass is 392 g/mol. The predicted octanol–water partition coefficient (Wildman–Crippen LogP) is 2.73. The summed E-state index contributed by atoms with van der Waals surface area (Å²) in [4.78, 5) is 19.8. The quantitative estimate of drug-likeness (QED) is 0.686. The Morgan fingerprint density at radius 2 is 2.07 bits per heavy atom. The molecular formula is C22H24N4O3. The van der Waals surface area contributed by atoms with Crippen LogP contribution >= 0.6 is 0 Å². The van der Waals surface area contributed by atoms with Crippen molar-refractivity contribution in [2.45, 2.75) is 31.8 Å². The fourth-order valence-electron chi connectivity index (χ4n) is 4.54. The number of fused-ring (bicyclic) bond motifs is 2. The summed E-state index contributed by atoms with van der Waals surface area (Å²) in [7, 11) is 1.69. The van der Waals surface area contributed by atoms with Gasteiger partial charge in [0.15, 0.2) is 11.3 Å². The van der Waals surface area contributed by atoms with Crippen LogP contribution < -0.4 is 4.74 Å². The van der Waals surface area contributed by atoms with Crippen LogP contribution in [-0.2, 0) is 17.7 Å². The summed E-state index contributed by atoms with van der Waals surface area (Å²) in [5, 5.41) is 4.47. The van der Waals surface area contributed by atoms with Crippen molar-refractivity contribution in [3.05, 3.63) is 59.5 Å². The predicted molar refractivity (Wildman–Crippen MR) is 107 cm³/mol. The maximum Gasteiger partial charge on any atom is 0.275 e. The van der Waals surface area contributed by atoms with Gasteiger partial charge in [-0.25, -0.2) is 9.50 Å². The molecule has 0 radical (unpaired) electrons. The number of carbonyl (C=O) groups is 1. The van der Waals surface area contributed by atoms with Gasteiger partial charge in [-0.05, 0) is 54.5 Å². The molecular weight excluding hydrogens is 368 g/mol. The minimum absolute atomic E-state index is 0.0338. The molecule has 7 heteroatoms. The normalized spacial score (nSPS) is 19.9. The first kappa shape index (κ1) is 18.1. The molecule has 1 atom stereocenters.